The molecule has 2 nitrogen and oxygen atoms in total. The molecule has 1 aromatic carbocycles. The largest absolute Gasteiger partial charge is 0.522 e. The van der Waals surface area contributed by atoms with E-state index in [1.165, 1.54) is 12.1 Å². The number of ether oxygens (including phenoxy) is 1. The molecule has 1 N–H and O–H groups in total. The molecule has 116 valence electrons. The number of hydrogen-bond acceptors (Lipinski definition) is 2. The first kappa shape index (κ1) is 19.4. The summed E-state index contributed by atoms with van der Waals surface area (Å²) in [6, 6.07) is 4.96. The standard InChI is InChI=1S/C11H11ClF5NO.ClH/c12-9-3-1-8(2-4-9)10(13,14)7-18-5-6-19-11(15,16)17;/h1-4,18H,5-7H2;1H. The van der Waals surface area contributed by atoms with Crippen molar-refractivity contribution >= 4 is 24.0 Å². The Morgan fingerprint density at radius 1 is 1.05 bits per heavy atom. The van der Waals surface area contributed by atoms with Crippen LogP contribution in [0.15, 0.2) is 24.3 Å². The monoisotopic (exact) mass is 339 g/mol. The van der Waals surface area contributed by atoms with Gasteiger partial charge in [0, 0.05) is 17.1 Å². The van der Waals surface area contributed by atoms with Gasteiger partial charge < -0.3 is 5.32 Å². The Morgan fingerprint density at radius 2 is 1.60 bits per heavy atom. The second-order valence-electron chi connectivity index (χ2n) is 3.68. The van der Waals surface area contributed by atoms with Crippen molar-refractivity contribution in [2.45, 2.75) is 12.3 Å². The third-order valence-electron chi connectivity index (χ3n) is 2.16. The number of alkyl halides is 5. The summed E-state index contributed by atoms with van der Waals surface area (Å²) < 4.78 is 65.4. The molecule has 20 heavy (non-hydrogen) atoms. The van der Waals surface area contributed by atoms with Crippen LogP contribution in [0.5, 0.6) is 0 Å². The minimum atomic E-state index is -4.75. The van der Waals surface area contributed by atoms with E-state index in [0.717, 1.165) is 12.1 Å². The van der Waals surface area contributed by atoms with Crippen molar-refractivity contribution in [3.05, 3.63) is 34.9 Å². The summed E-state index contributed by atoms with van der Waals surface area (Å²) in [5.41, 5.74) is -0.263. The second-order valence-corrected chi connectivity index (χ2v) is 4.12. The predicted octanol–water partition coefficient (Wildman–Crippen LogP) is 3.98. The van der Waals surface area contributed by atoms with Crippen LogP contribution in [0.2, 0.25) is 5.02 Å². The minimum Gasteiger partial charge on any atom is -0.309 e. The second kappa shape index (κ2) is 7.97. The van der Waals surface area contributed by atoms with E-state index in [2.05, 4.69) is 10.1 Å². The van der Waals surface area contributed by atoms with E-state index in [-0.39, 0.29) is 24.5 Å². The minimum absolute atomic E-state index is 0. The molecule has 0 heterocycles. The maximum absolute atomic E-state index is 13.6. The fraction of sp³-hybridized carbons (Fsp3) is 0.455. The first-order valence-electron chi connectivity index (χ1n) is 5.26. The molecular weight excluding hydrogens is 328 g/mol. The lowest BCUT2D eigenvalue weighted by atomic mass is 10.1. The van der Waals surface area contributed by atoms with Crippen LogP contribution in [0.4, 0.5) is 22.0 Å². The van der Waals surface area contributed by atoms with E-state index in [1.807, 2.05) is 0 Å². The Hall–Kier alpha value is -0.630. The van der Waals surface area contributed by atoms with E-state index in [1.54, 1.807) is 0 Å². The highest BCUT2D eigenvalue weighted by atomic mass is 35.5. The van der Waals surface area contributed by atoms with E-state index in [4.69, 9.17) is 11.6 Å². The van der Waals surface area contributed by atoms with Gasteiger partial charge in [-0.1, -0.05) is 23.7 Å². The summed E-state index contributed by atoms with van der Waals surface area (Å²) in [7, 11) is 0. The van der Waals surface area contributed by atoms with Crippen molar-refractivity contribution < 1.29 is 26.7 Å². The fourth-order valence-corrected chi connectivity index (χ4v) is 1.41. The van der Waals surface area contributed by atoms with Gasteiger partial charge in [-0.15, -0.1) is 25.6 Å². The molecule has 0 aliphatic heterocycles. The van der Waals surface area contributed by atoms with E-state index in [9.17, 15) is 22.0 Å². The third kappa shape index (κ3) is 7.23. The number of nitrogens with one attached hydrogen (secondary N) is 1. The Kier molecular flexibility index (Phi) is 7.72. The smallest absolute Gasteiger partial charge is 0.309 e. The number of benzene rings is 1. The summed E-state index contributed by atoms with van der Waals surface area (Å²) in [6.07, 6.45) is -4.75. The van der Waals surface area contributed by atoms with Crippen molar-refractivity contribution in [3.8, 4) is 0 Å². The molecule has 9 heteroatoms. The molecule has 0 aliphatic rings. The summed E-state index contributed by atoms with van der Waals surface area (Å²) in [5.74, 6) is -3.19. The van der Waals surface area contributed by atoms with Crippen molar-refractivity contribution in [2.24, 2.45) is 0 Å². The molecule has 0 aromatic heterocycles. The molecular formula is C11H12Cl2F5NO. The normalized spacial score (nSPS) is 12.1. The SMILES string of the molecule is Cl.FC(F)(F)OCCNCC(F)(F)c1ccc(Cl)cc1. The van der Waals surface area contributed by atoms with Gasteiger partial charge in [-0.05, 0) is 12.1 Å². The molecule has 0 fully saturated rings. The molecule has 0 saturated heterocycles. The van der Waals surface area contributed by atoms with Gasteiger partial charge in [-0.3, -0.25) is 4.74 Å². The first-order valence-corrected chi connectivity index (χ1v) is 5.64. The lowest BCUT2D eigenvalue weighted by molar-refractivity contribution is -0.323. The van der Waals surface area contributed by atoms with E-state index in [0.29, 0.717) is 5.02 Å². The van der Waals surface area contributed by atoms with E-state index >= 15 is 0 Å². The quantitative estimate of drug-likeness (QED) is 0.625. The van der Waals surface area contributed by atoms with Crippen LogP contribution in [0.25, 0.3) is 0 Å². The molecule has 0 bridgehead atoms. The number of hydrogen-bond donors (Lipinski definition) is 1. The Morgan fingerprint density at radius 3 is 2.10 bits per heavy atom. The van der Waals surface area contributed by atoms with Crippen LogP contribution in [0.1, 0.15) is 5.56 Å². The summed E-state index contributed by atoms with van der Waals surface area (Å²) in [6.45, 7) is -1.83. The predicted molar refractivity (Wildman–Crippen MR) is 67.5 cm³/mol. The zero-order chi connectivity index (χ0) is 14.5. The highest BCUT2D eigenvalue weighted by molar-refractivity contribution is 6.30. The summed E-state index contributed by atoms with van der Waals surface area (Å²) in [5, 5.41) is 2.53. The van der Waals surface area contributed by atoms with Gasteiger partial charge in [0.25, 0.3) is 5.92 Å². The lowest BCUT2D eigenvalue weighted by Gasteiger charge is -2.17. The topological polar surface area (TPSA) is 21.3 Å². The van der Waals surface area contributed by atoms with Crippen LogP contribution in [0, 0.1) is 0 Å². The number of halogens is 7. The first-order chi connectivity index (χ1) is 8.71. The van der Waals surface area contributed by atoms with Crippen LogP contribution in [-0.4, -0.2) is 26.1 Å². The molecule has 0 atom stereocenters. The van der Waals surface area contributed by atoms with Gasteiger partial charge in [0.1, 0.15) is 0 Å². The van der Waals surface area contributed by atoms with Crippen molar-refractivity contribution in [2.75, 3.05) is 19.7 Å². The van der Waals surface area contributed by atoms with Gasteiger partial charge in [0.15, 0.2) is 0 Å². The van der Waals surface area contributed by atoms with Gasteiger partial charge in [-0.2, -0.15) is 8.78 Å². The van der Waals surface area contributed by atoms with Gasteiger partial charge in [-0.25, -0.2) is 0 Å². The van der Waals surface area contributed by atoms with Crippen molar-refractivity contribution in [1.29, 1.82) is 0 Å². The van der Waals surface area contributed by atoms with Crippen LogP contribution >= 0.6 is 24.0 Å². The van der Waals surface area contributed by atoms with Crippen LogP contribution in [-0.2, 0) is 10.7 Å². The highest BCUT2D eigenvalue weighted by Crippen LogP contribution is 2.28. The maximum Gasteiger partial charge on any atom is 0.522 e. The molecule has 0 saturated carbocycles. The van der Waals surface area contributed by atoms with Crippen molar-refractivity contribution in [3.63, 3.8) is 0 Å². The highest BCUT2D eigenvalue weighted by Gasteiger charge is 2.31. The van der Waals surface area contributed by atoms with Crippen molar-refractivity contribution in [1.82, 2.24) is 5.32 Å². The molecule has 0 aliphatic carbocycles. The lowest BCUT2D eigenvalue weighted by Crippen LogP contribution is -2.33. The summed E-state index contributed by atoms with van der Waals surface area (Å²) >= 11 is 5.57. The van der Waals surface area contributed by atoms with Gasteiger partial charge in [0.2, 0.25) is 0 Å². The Bertz CT molecular complexity index is 397. The molecule has 0 radical (unpaired) electrons. The molecule has 0 amide bonds. The molecule has 1 rings (SSSR count). The zero-order valence-corrected chi connectivity index (χ0v) is 11.6. The number of rotatable bonds is 6. The maximum atomic E-state index is 13.6. The zero-order valence-electron chi connectivity index (χ0n) is 10.0. The third-order valence-corrected chi connectivity index (χ3v) is 2.41. The average Bonchev–Trinajstić information content (AvgIpc) is 2.27. The summed E-state index contributed by atoms with van der Waals surface area (Å²) in [4.78, 5) is 0. The van der Waals surface area contributed by atoms with Crippen LogP contribution < -0.4 is 5.32 Å². The molecule has 1 aromatic rings. The Balaban J connectivity index is 0.00000361. The molecule has 0 spiro atoms. The van der Waals surface area contributed by atoms with Gasteiger partial charge in [0.05, 0.1) is 13.2 Å². The van der Waals surface area contributed by atoms with Gasteiger partial charge >= 0.3 is 6.36 Å². The molecule has 0 unspecified atom stereocenters. The van der Waals surface area contributed by atoms with Crippen LogP contribution in [0.3, 0.4) is 0 Å². The average molecular weight is 340 g/mol. The Labute approximate surface area is 123 Å². The van der Waals surface area contributed by atoms with E-state index < -0.39 is 25.4 Å². The fourth-order valence-electron chi connectivity index (χ4n) is 1.28.